The molecule has 2 N–H and O–H groups in total. The molecular formula is C19H19F3N4O. The number of rotatable bonds is 4. The normalized spacial score (nSPS) is 19.9. The molecule has 27 heavy (non-hydrogen) atoms. The minimum atomic E-state index is -4.30. The number of aliphatic hydroxyl groups excluding tert-OH is 1. The Labute approximate surface area is 153 Å². The first kappa shape index (κ1) is 17.8. The topological polar surface area (TPSA) is 62.5 Å². The minimum Gasteiger partial charge on any atom is -0.393 e. The number of aliphatic hydroxyl groups is 1. The van der Waals surface area contributed by atoms with Crippen molar-refractivity contribution in [3.05, 3.63) is 47.7 Å². The monoisotopic (exact) mass is 376 g/mol. The van der Waals surface area contributed by atoms with Crippen LogP contribution in [-0.2, 0) is 6.42 Å². The van der Waals surface area contributed by atoms with Crippen LogP contribution in [-0.4, -0.2) is 38.0 Å². The molecule has 1 fully saturated rings. The van der Waals surface area contributed by atoms with Crippen molar-refractivity contribution in [3.63, 3.8) is 0 Å². The molecule has 1 aromatic carbocycles. The molecule has 0 amide bonds. The quantitative estimate of drug-likeness (QED) is 0.728. The van der Waals surface area contributed by atoms with Crippen molar-refractivity contribution in [2.24, 2.45) is 0 Å². The first-order valence-corrected chi connectivity index (χ1v) is 8.75. The smallest absolute Gasteiger partial charge is 0.393 e. The van der Waals surface area contributed by atoms with Crippen LogP contribution < -0.4 is 5.32 Å². The van der Waals surface area contributed by atoms with Gasteiger partial charge in [0.15, 0.2) is 0 Å². The summed E-state index contributed by atoms with van der Waals surface area (Å²) in [4.78, 5) is 0. The highest BCUT2D eigenvalue weighted by Crippen LogP contribution is 2.32. The Bertz CT molecular complexity index is 977. The maximum atomic E-state index is 13.0. The van der Waals surface area contributed by atoms with Crippen LogP contribution in [0, 0.1) is 6.92 Å². The van der Waals surface area contributed by atoms with Crippen LogP contribution in [0.3, 0.4) is 0 Å². The van der Waals surface area contributed by atoms with Gasteiger partial charge in [-0.15, -0.1) is 10.2 Å². The first-order valence-electron chi connectivity index (χ1n) is 8.75. The summed E-state index contributed by atoms with van der Waals surface area (Å²) < 4.78 is 40.9. The summed E-state index contributed by atoms with van der Waals surface area (Å²) in [5.41, 5.74) is 2.47. The van der Waals surface area contributed by atoms with Gasteiger partial charge in [-0.25, -0.2) is 0 Å². The van der Waals surface area contributed by atoms with Crippen LogP contribution in [0.15, 0.2) is 36.5 Å². The van der Waals surface area contributed by atoms with Gasteiger partial charge >= 0.3 is 6.18 Å². The lowest BCUT2D eigenvalue weighted by atomic mass is 9.90. The Hall–Kier alpha value is -2.61. The molecule has 2 aromatic heterocycles. The van der Waals surface area contributed by atoms with E-state index < -0.39 is 12.6 Å². The zero-order valence-electron chi connectivity index (χ0n) is 14.7. The van der Waals surface area contributed by atoms with Crippen LogP contribution >= 0.6 is 0 Å². The van der Waals surface area contributed by atoms with E-state index in [1.807, 2.05) is 6.07 Å². The SMILES string of the molecule is Cc1ccc(-c2nnc(NC3CC(O)C3)n3cccc23)c(CC(F)(F)F)c1. The average molecular weight is 376 g/mol. The van der Waals surface area contributed by atoms with E-state index in [0.29, 0.717) is 35.6 Å². The number of aromatic nitrogens is 3. The van der Waals surface area contributed by atoms with E-state index in [-0.39, 0.29) is 17.7 Å². The molecule has 1 aliphatic carbocycles. The fourth-order valence-corrected chi connectivity index (χ4v) is 3.45. The summed E-state index contributed by atoms with van der Waals surface area (Å²) in [6.45, 7) is 1.77. The zero-order valence-corrected chi connectivity index (χ0v) is 14.7. The maximum Gasteiger partial charge on any atom is 0.393 e. The molecule has 0 saturated heterocycles. The van der Waals surface area contributed by atoms with Crippen LogP contribution in [0.2, 0.25) is 0 Å². The number of nitrogens with zero attached hydrogens (tertiary/aromatic N) is 3. The maximum absolute atomic E-state index is 13.0. The highest BCUT2D eigenvalue weighted by Gasteiger charge is 2.30. The van der Waals surface area contributed by atoms with Crippen molar-refractivity contribution in [2.75, 3.05) is 5.32 Å². The van der Waals surface area contributed by atoms with Crippen LogP contribution in [0.1, 0.15) is 24.0 Å². The Morgan fingerprint density at radius 3 is 2.70 bits per heavy atom. The van der Waals surface area contributed by atoms with Gasteiger partial charge in [0.05, 0.1) is 18.0 Å². The number of benzene rings is 1. The second-order valence-corrected chi connectivity index (χ2v) is 7.05. The fraction of sp³-hybridized carbons (Fsp3) is 0.368. The molecule has 0 bridgehead atoms. The summed E-state index contributed by atoms with van der Waals surface area (Å²) in [6.07, 6.45) is -2.55. The zero-order chi connectivity index (χ0) is 19.2. The molecular weight excluding hydrogens is 357 g/mol. The molecule has 1 saturated carbocycles. The summed E-state index contributed by atoms with van der Waals surface area (Å²) in [6, 6.07) is 8.72. The van der Waals surface area contributed by atoms with Gasteiger partial charge in [0.1, 0.15) is 5.69 Å². The molecule has 0 aliphatic heterocycles. The molecule has 4 rings (SSSR count). The molecule has 2 heterocycles. The molecule has 0 unspecified atom stereocenters. The van der Waals surface area contributed by atoms with E-state index in [9.17, 15) is 18.3 Å². The van der Waals surface area contributed by atoms with Gasteiger partial charge in [0.2, 0.25) is 5.95 Å². The molecule has 0 radical (unpaired) electrons. The van der Waals surface area contributed by atoms with Gasteiger partial charge in [0.25, 0.3) is 0 Å². The van der Waals surface area contributed by atoms with E-state index >= 15 is 0 Å². The van der Waals surface area contributed by atoms with Crippen LogP contribution in [0.25, 0.3) is 16.8 Å². The van der Waals surface area contributed by atoms with Gasteiger partial charge in [-0.05, 0) is 37.5 Å². The third kappa shape index (κ3) is 3.62. The minimum absolute atomic E-state index is 0.117. The molecule has 1 aliphatic rings. The third-order valence-electron chi connectivity index (χ3n) is 4.82. The predicted molar refractivity (Wildman–Crippen MR) is 95.6 cm³/mol. The Morgan fingerprint density at radius 1 is 1.22 bits per heavy atom. The molecule has 0 spiro atoms. The second-order valence-electron chi connectivity index (χ2n) is 7.05. The Morgan fingerprint density at radius 2 is 2.00 bits per heavy atom. The molecule has 5 nitrogen and oxygen atoms in total. The Kier molecular flexibility index (Phi) is 4.30. The molecule has 142 valence electrons. The summed E-state index contributed by atoms with van der Waals surface area (Å²) in [5, 5.41) is 21.1. The van der Waals surface area contributed by atoms with Crippen molar-refractivity contribution in [3.8, 4) is 11.3 Å². The summed E-state index contributed by atoms with van der Waals surface area (Å²) >= 11 is 0. The van der Waals surface area contributed by atoms with Gasteiger partial charge < -0.3 is 10.4 Å². The van der Waals surface area contributed by atoms with Gasteiger partial charge in [-0.2, -0.15) is 13.2 Å². The van der Waals surface area contributed by atoms with Crippen LogP contribution in [0.4, 0.5) is 19.1 Å². The third-order valence-corrected chi connectivity index (χ3v) is 4.82. The van der Waals surface area contributed by atoms with E-state index in [1.54, 1.807) is 41.8 Å². The van der Waals surface area contributed by atoms with Crippen molar-refractivity contribution in [1.82, 2.24) is 14.6 Å². The van der Waals surface area contributed by atoms with E-state index in [2.05, 4.69) is 15.5 Å². The number of fused-ring (bicyclic) bond motifs is 1. The van der Waals surface area contributed by atoms with Crippen LogP contribution in [0.5, 0.6) is 0 Å². The summed E-state index contributed by atoms with van der Waals surface area (Å²) in [7, 11) is 0. The fourth-order valence-electron chi connectivity index (χ4n) is 3.45. The largest absolute Gasteiger partial charge is 0.393 e. The van der Waals surface area contributed by atoms with Gasteiger partial charge in [-0.3, -0.25) is 4.40 Å². The van der Waals surface area contributed by atoms with Crippen molar-refractivity contribution >= 4 is 11.5 Å². The molecule has 3 aromatic rings. The van der Waals surface area contributed by atoms with E-state index in [0.717, 1.165) is 5.56 Å². The van der Waals surface area contributed by atoms with Crippen molar-refractivity contribution in [1.29, 1.82) is 0 Å². The Balaban J connectivity index is 1.76. The number of halogens is 3. The first-order chi connectivity index (χ1) is 12.8. The number of aryl methyl sites for hydroxylation is 1. The second kappa shape index (κ2) is 6.53. The molecule has 0 atom stereocenters. The van der Waals surface area contributed by atoms with Crippen molar-refractivity contribution in [2.45, 2.75) is 44.5 Å². The van der Waals surface area contributed by atoms with E-state index in [4.69, 9.17) is 0 Å². The molecule has 8 heteroatoms. The standard InChI is InChI=1S/C19H19F3N4O/c1-11-4-5-15(12(7-11)10-19(20,21)22)17-16-3-2-6-26(16)18(25-24-17)23-13-8-14(27)9-13/h2-7,13-14,27H,8-10H2,1H3,(H,23,25). The van der Waals surface area contributed by atoms with E-state index in [1.165, 1.54) is 0 Å². The van der Waals surface area contributed by atoms with Crippen molar-refractivity contribution < 1.29 is 18.3 Å². The number of hydrogen-bond acceptors (Lipinski definition) is 4. The lowest BCUT2D eigenvalue weighted by molar-refractivity contribution is -0.127. The highest BCUT2D eigenvalue weighted by atomic mass is 19.4. The predicted octanol–water partition coefficient (Wildman–Crippen LogP) is 3.74. The number of alkyl halides is 3. The van der Waals surface area contributed by atoms with Gasteiger partial charge in [-0.1, -0.05) is 23.8 Å². The summed E-state index contributed by atoms with van der Waals surface area (Å²) in [5.74, 6) is 0.514. The average Bonchev–Trinajstić information content (AvgIpc) is 3.03. The lowest BCUT2D eigenvalue weighted by Gasteiger charge is -2.32. The highest BCUT2D eigenvalue weighted by molar-refractivity contribution is 5.80. The number of hydrogen-bond donors (Lipinski definition) is 2. The number of anilines is 1. The lowest BCUT2D eigenvalue weighted by Crippen LogP contribution is -2.39. The van der Waals surface area contributed by atoms with Gasteiger partial charge in [0, 0.05) is 17.8 Å². The number of nitrogens with one attached hydrogen (secondary N) is 1.